The summed E-state index contributed by atoms with van der Waals surface area (Å²) in [4.78, 5) is 10.9. The molecule has 0 spiro atoms. The van der Waals surface area contributed by atoms with Crippen LogP contribution in [0, 0.1) is 15.0 Å². The maximum atomic E-state index is 11.3. The van der Waals surface area contributed by atoms with Gasteiger partial charge < -0.3 is 9.73 Å². The molecular weight excluding hydrogens is 340 g/mol. The number of nitro groups is 1. The van der Waals surface area contributed by atoms with E-state index in [2.05, 4.69) is 15.5 Å². The fraction of sp³-hybridized carbons (Fsp3) is 0. The van der Waals surface area contributed by atoms with E-state index in [1.165, 1.54) is 6.07 Å². The number of hydrogen-bond donors (Lipinski definition) is 2. The molecule has 0 radical (unpaired) electrons. The fourth-order valence-corrected chi connectivity index (χ4v) is 2.21. The third-order valence-corrected chi connectivity index (χ3v) is 3.43. The molecule has 0 unspecified atom stereocenters. The standard InChI is InChI=1S/C14H9ClN4O3S/c15-9-2-4-10(5-3-9)16-11-6-1-8(7-12(11)19(20)21)13-17-18-14(23)22-13/h1-7,16H,(H,18,23). The molecule has 7 nitrogen and oxygen atoms in total. The lowest BCUT2D eigenvalue weighted by atomic mass is 10.1. The first-order valence-corrected chi connectivity index (χ1v) is 7.18. The quantitative estimate of drug-likeness (QED) is 0.403. The lowest BCUT2D eigenvalue weighted by molar-refractivity contribution is -0.383. The average molecular weight is 349 g/mol. The number of nitrogens with one attached hydrogen (secondary N) is 2. The van der Waals surface area contributed by atoms with Gasteiger partial charge in [-0.25, -0.2) is 5.10 Å². The molecule has 0 bridgehead atoms. The first-order valence-electron chi connectivity index (χ1n) is 6.40. The van der Waals surface area contributed by atoms with Crippen LogP contribution in [0.1, 0.15) is 0 Å². The van der Waals surface area contributed by atoms with E-state index < -0.39 is 4.92 Å². The molecule has 3 aromatic rings. The molecule has 0 atom stereocenters. The van der Waals surface area contributed by atoms with Crippen LogP contribution in [0.3, 0.4) is 0 Å². The van der Waals surface area contributed by atoms with Crippen molar-refractivity contribution in [1.82, 2.24) is 10.2 Å². The Morgan fingerprint density at radius 2 is 2.00 bits per heavy atom. The minimum absolute atomic E-state index is 0.103. The molecule has 23 heavy (non-hydrogen) atoms. The summed E-state index contributed by atoms with van der Waals surface area (Å²) in [5.74, 6) is 0.191. The Balaban J connectivity index is 1.98. The van der Waals surface area contributed by atoms with Gasteiger partial charge in [-0.2, -0.15) is 0 Å². The number of aromatic nitrogens is 2. The molecule has 3 rings (SSSR count). The van der Waals surface area contributed by atoms with Crippen molar-refractivity contribution in [1.29, 1.82) is 0 Å². The second-order valence-electron chi connectivity index (χ2n) is 4.54. The zero-order valence-corrected chi connectivity index (χ0v) is 13.0. The van der Waals surface area contributed by atoms with Crippen molar-refractivity contribution >= 4 is 40.9 Å². The highest BCUT2D eigenvalue weighted by atomic mass is 35.5. The topological polar surface area (TPSA) is 97.0 Å². The summed E-state index contributed by atoms with van der Waals surface area (Å²) in [6.45, 7) is 0. The van der Waals surface area contributed by atoms with E-state index in [9.17, 15) is 10.1 Å². The minimum Gasteiger partial charge on any atom is -0.409 e. The Bertz CT molecular complexity index is 920. The first-order chi connectivity index (χ1) is 11.0. The number of rotatable bonds is 4. The molecule has 0 fully saturated rings. The van der Waals surface area contributed by atoms with E-state index in [0.29, 0.717) is 22.0 Å². The largest absolute Gasteiger partial charge is 0.409 e. The molecule has 116 valence electrons. The van der Waals surface area contributed by atoms with Crippen LogP contribution < -0.4 is 5.32 Å². The monoisotopic (exact) mass is 348 g/mol. The molecule has 2 aromatic carbocycles. The molecule has 0 amide bonds. The van der Waals surface area contributed by atoms with Crippen molar-refractivity contribution in [3.63, 3.8) is 0 Å². The van der Waals surface area contributed by atoms with Crippen LogP contribution in [-0.4, -0.2) is 15.1 Å². The van der Waals surface area contributed by atoms with Gasteiger partial charge in [0.1, 0.15) is 5.69 Å². The van der Waals surface area contributed by atoms with Crippen molar-refractivity contribution in [2.24, 2.45) is 0 Å². The highest BCUT2D eigenvalue weighted by Crippen LogP contribution is 2.32. The van der Waals surface area contributed by atoms with E-state index in [0.717, 1.165) is 0 Å². The summed E-state index contributed by atoms with van der Waals surface area (Å²) < 4.78 is 5.17. The molecule has 1 aromatic heterocycles. The summed E-state index contributed by atoms with van der Waals surface area (Å²) in [6, 6.07) is 11.4. The first kappa shape index (κ1) is 15.2. The van der Waals surface area contributed by atoms with E-state index in [1.807, 2.05) is 0 Å². The summed E-state index contributed by atoms with van der Waals surface area (Å²) in [5, 5.41) is 21.2. The van der Waals surface area contributed by atoms with E-state index in [4.69, 9.17) is 28.2 Å². The SMILES string of the molecule is O=[N+]([O-])c1cc(-c2n[nH]c(=S)o2)ccc1Nc1ccc(Cl)cc1. The summed E-state index contributed by atoms with van der Waals surface area (Å²) in [6.07, 6.45) is 0. The predicted molar refractivity (Wildman–Crippen MR) is 88.5 cm³/mol. The van der Waals surface area contributed by atoms with Gasteiger partial charge in [0.25, 0.3) is 10.5 Å². The molecule has 0 saturated carbocycles. The number of H-pyrrole nitrogens is 1. The Labute approximate surface area is 140 Å². The Morgan fingerprint density at radius 3 is 2.61 bits per heavy atom. The van der Waals surface area contributed by atoms with Crippen LogP contribution in [-0.2, 0) is 0 Å². The second kappa shape index (κ2) is 6.19. The van der Waals surface area contributed by atoms with Crippen LogP contribution in [0.4, 0.5) is 17.1 Å². The maximum absolute atomic E-state index is 11.3. The van der Waals surface area contributed by atoms with Crippen molar-refractivity contribution in [2.75, 3.05) is 5.32 Å². The van der Waals surface area contributed by atoms with Crippen molar-refractivity contribution in [3.8, 4) is 11.5 Å². The molecule has 0 aliphatic carbocycles. The number of nitrogens with zero attached hydrogens (tertiary/aromatic N) is 2. The van der Waals surface area contributed by atoms with Crippen LogP contribution in [0.2, 0.25) is 5.02 Å². The van der Waals surface area contributed by atoms with Crippen molar-refractivity contribution in [2.45, 2.75) is 0 Å². The number of nitro benzene ring substituents is 1. The Morgan fingerprint density at radius 1 is 1.26 bits per heavy atom. The number of aromatic amines is 1. The molecule has 2 N–H and O–H groups in total. The minimum atomic E-state index is -0.483. The second-order valence-corrected chi connectivity index (χ2v) is 5.35. The lowest BCUT2D eigenvalue weighted by Gasteiger charge is -2.08. The number of hydrogen-bond acceptors (Lipinski definition) is 6. The van der Waals surface area contributed by atoms with Crippen LogP contribution in [0.15, 0.2) is 46.9 Å². The zero-order valence-electron chi connectivity index (χ0n) is 11.4. The van der Waals surface area contributed by atoms with Crippen LogP contribution >= 0.6 is 23.8 Å². The summed E-state index contributed by atoms with van der Waals surface area (Å²) >= 11 is 10.6. The molecule has 0 aliphatic heterocycles. The molecule has 1 heterocycles. The van der Waals surface area contributed by atoms with E-state index in [-0.39, 0.29) is 16.4 Å². The van der Waals surface area contributed by atoms with E-state index >= 15 is 0 Å². The van der Waals surface area contributed by atoms with Crippen molar-refractivity contribution in [3.05, 3.63) is 62.4 Å². The number of benzene rings is 2. The van der Waals surface area contributed by atoms with Gasteiger partial charge in [-0.1, -0.05) is 11.6 Å². The van der Waals surface area contributed by atoms with Gasteiger partial charge in [0.05, 0.1) is 4.92 Å². The van der Waals surface area contributed by atoms with E-state index in [1.54, 1.807) is 36.4 Å². The Hall–Kier alpha value is -2.71. The maximum Gasteiger partial charge on any atom is 0.293 e. The van der Waals surface area contributed by atoms with Gasteiger partial charge in [-0.15, -0.1) is 5.10 Å². The van der Waals surface area contributed by atoms with Gasteiger partial charge in [0.15, 0.2) is 0 Å². The molecule has 0 saturated heterocycles. The number of halogens is 1. The summed E-state index contributed by atoms with van der Waals surface area (Å²) in [7, 11) is 0. The number of anilines is 2. The molecule has 9 heteroatoms. The molecular formula is C14H9ClN4O3S. The fourth-order valence-electron chi connectivity index (χ4n) is 1.96. The van der Waals surface area contributed by atoms with Gasteiger partial charge in [0, 0.05) is 22.3 Å². The highest BCUT2D eigenvalue weighted by molar-refractivity contribution is 7.71. The van der Waals surface area contributed by atoms with Gasteiger partial charge >= 0.3 is 0 Å². The smallest absolute Gasteiger partial charge is 0.293 e. The highest BCUT2D eigenvalue weighted by Gasteiger charge is 2.17. The summed E-state index contributed by atoms with van der Waals surface area (Å²) in [5.41, 5.74) is 1.37. The average Bonchev–Trinajstić information content (AvgIpc) is 2.96. The van der Waals surface area contributed by atoms with Crippen LogP contribution in [0.25, 0.3) is 11.5 Å². The lowest BCUT2D eigenvalue weighted by Crippen LogP contribution is -1.97. The zero-order chi connectivity index (χ0) is 16.4. The van der Waals surface area contributed by atoms with Crippen molar-refractivity contribution < 1.29 is 9.34 Å². The molecule has 0 aliphatic rings. The predicted octanol–water partition coefficient (Wildman–Crippen LogP) is 4.70. The normalized spacial score (nSPS) is 10.5. The van der Waals surface area contributed by atoms with Gasteiger partial charge in [-0.3, -0.25) is 10.1 Å². The van der Waals surface area contributed by atoms with Gasteiger partial charge in [-0.05, 0) is 48.6 Å². The third kappa shape index (κ3) is 3.38. The Kier molecular flexibility index (Phi) is 4.09. The van der Waals surface area contributed by atoms with Gasteiger partial charge in [0.2, 0.25) is 5.89 Å². The van der Waals surface area contributed by atoms with Crippen LogP contribution in [0.5, 0.6) is 0 Å². The third-order valence-electron chi connectivity index (χ3n) is 3.00.